The predicted octanol–water partition coefficient (Wildman–Crippen LogP) is 2.87. The molecule has 1 aliphatic heterocycles. The molecule has 0 radical (unpaired) electrons. The van der Waals surface area contributed by atoms with E-state index in [2.05, 4.69) is 20.9 Å². The molecule has 0 aromatic heterocycles. The van der Waals surface area contributed by atoms with Crippen molar-refractivity contribution in [3.8, 4) is 0 Å². The van der Waals surface area contributed by atoms with Crippen LogP contribution in [0.3, 0.4) is 0 Å². The van der Waals surface area contributed by atoms with Crippen LogP contribution in [0.5, 0.6) is 0 Å². The first kappa shape index (κ1) is 24.7. The van der Waals surface area contributed by atoms with Crippen LogP contribution in [0.1, 0.15) is 23.6 Å². The summed E-state index contributed by atoms with van der Waals surface area (Å²) in [6.07, 6.45) is -0.467. The highest BCUT2D eigenvalue weighted by Crippen LogP contribution is 2.27. The van der Waals surface area contributed by atoms with Crippen LogP contribution >= 0.6 is 0 Å². The van der Waals surface area contributed by atoms with Gasteiger partial charge in [-0.1, -0.05) is 78.9 Å². The number of nitrogens with one attached hydrogen (secondary N) is 3. The summed E-state index contributed by atoms with van der Waals surface area (Å²) in [4.78, 5) is 44.6. The van der Waals surface area contributed by atoms with E-state index in [0.717, 1.165) is 16.7 Å². The molecule has 0 spiro atoms. The van der Waals surface area contributed by atoms with Crippen molar-refractivity contribution in [2.75, 3.05) is 18.5 Å². The summed E-state index contributed by atoms with van der Waals surface area (Å²) in [5, 5.41) is 8.08. The second kappa shape index (κ2) is 11.3. The largest absolute Gasteiger partial charge is 0.338 e. The van der Waals surface area contributed by atoms with Gasteiger partial charge in [0, 0.05) is 24.7 Å². The van der Waals surface area contributed by atoms with Crippen molar-refractivity contribution < 1.29 is 14.4 Å². The van der Waals surface area contributed by atoms with Gasteiger partial charge in [0.15, 0.2) is 0 Å². The number of para-hydroxylation sites is 1. The molecule has 1 heterocycles. The molecule has 3 aromatic carbocycles. The minimum Gasteiger partial charge on any atom is -0.338 e. The molecule has 3 N–H and O–H groups in total. The van der Waals surface area contributed by atoms with E-state index in [1.807, 2.05) is 84.9 Å². The topological polar surface area (TPSA) is 103 Å². The summed E-state index contributed by atoms with van der Waals surface area (Å²) in [5.41, 5.74) is 4.03. The first-order valence-corrected chi connectivity index (χ1v) is 11.8. The number of hydrogen-bond donors (Lipinski definition) is 3. The van der Waals surface area contributed by atoms with Gasteiger partial charge in [0.2, 0.25) is 12.1 Å². The summed E-state index contributed by atoms with van der Waals surface area (Å²) in [5.74, 6) is -0.886. The van der Waals surface area contributed by atoms with Crippen LogP contribution in [-0.4, -0.2) is 49.4 Å². The Balaban J connectivity index is 1.45. The van der Waals surface area contributed by atoms with Crippen molar-refractivity contribution in [2.45, 2.75) is 25.6 Å². The van der Waals surface area contributed by atoms with Crippen molar-refractivity contribution in [3.05, 3.63) is 102 Å². The van der Waals surface area contributed by atoms with Crippen LogP contribution in [0.15, 0.2) is 89.9 Å². The van der Waals surface area contributed by atoms with Crippen LogP contribution in [-0.2, 0) is 16.0 Å². The number of benzene rings is 3. The Morgan fingerprint density at radius 1 is 0.944 bits per heavy atom. The zero-order valence-electron chi connectivity index (χ0n) is 20.3. The maximum absolute atomic E-state index is 13.2. The number of urea groups is 1. The maximum atomic E-state index is 13.2. The molecule has 0 fully saturated rings. The number of carbonyl (C=O) groups is 3. The molecule has 1 aliphatic rings. The molecule has 184 valence electrons. The Morgan fingerprint density at radius 2 is 1.58 bits per heavy atom. The first-order valence-electron chi connectivity index (χ1n) is 11.8. The monoisotopic (exact) mass is 483 g/mol. The van der Waals surface area contributed by atoms with E-state index in [-0.39, 0.29) is 5.91 Å². The molecule has 8 nitrogen and oxygen atoms in total. The molecule has 2 atom stereocenters. The summed E-state index contributed by atoms with van der Waals surface area (Å²) in [6.45, 7) is 1.99. The SMILES string of the molecule is C[C@H](NC(=O)NCCc1ccccc1)C(=O)N[C@H]1N=C(c2ccccc2)c2ccccc2N(C)C1=O. The van der Waals surface area contributed by atoms with Gasteiger partial charge >= 0.3 is 6.03 Å². The Kier molecular flexibility index (Phi) is 7.75. The minimum atomic E-state index is -1.14. The van der Waals surface area contributed by atoms with E-state index >= 15 is 0 Å². The number of rotatable bonds is 7. The number of amides is 4. The normalized spacial score (nSPS) is 15.7. The summed E-state index contributed by atoms with van der Waals surface area (Å²) >= 11 is 0. The van der Waals surface area contributed by atoms with Crippen molar-refractivity contribution in [1.82, 2.24) is 16.0 Å². The predicted molar refractivity (Wildman–Crippen MR) is 140 cm³/mol. The summed E-state index contributed by atoms with van der Waals surface area (Å²) in [7, 11) is 1.66. The fourth-order valence-electron chi connectivity index (χ4n) is 3.98. The Morgan fingerprint density at radius 3 is 2.31 bits per heavy atom. The lowest BCUT2D eigenvalue weighted by Gasteiger charge is -2.22. The summed E-state index contributed by atoms with van der Waals surface area (Å²) < 4.78 is 0. The molecule has 3 aromatic rings. The van der Waals surface area contributed by atoms with Gasteiger partial charge in [-0.15, -0.1) is 0 Å². The molecule has 4 amide bonds. The Labute approximate surface area is 210 Å². The van der Waals surface area contributed by atoms with Crippen LogP contribution in [0.4, 0.5) is 10.5 Å². The van der Waals surface area contributed by atoms with Gasteiger partial charge in [0.25, 0.3) is 5.91 Å². The van der Waals surface area contributed by atoms with Crippen LogP contribution in [0.2, 0.25) is 0 Å². The highest BCUT2D eigenvalue weighted by molar-refractivity contribution is 6.20. The number of nitrogens with zero attached hydrogens (tertiary/aromatic N) is 2. The smallest absolute Gasteiger partial charge is 0.315 e. The number of fused-ring (bicyclic) bond motifs is 1. The van der Waals surface area contributed by atoms with Gasteiger partial charge in [-0.25, -0.2) is 9.79 Å². The van der Waals surface area contributed by atoms with Crippen LogP contribution in [0.25, 0.3) is 0 Å². The fraction of sp³-hybridized carbons (Fsp3) is 0.214. The van der Waals surface area contributed by atoms with E-state index in [1.165, 1.54) is 4.90 Å². The molecule has 8 heteroatoms. The lowest BCUT2D eigenvalue weighted by Crippen LogP contribution is -2.53. The number of likely N-dealkylation sites (N-methyl/N-ethyl adjacent to an activating group) is 1. The lowest BCUT2D eigenvalue weighted by atomic mass is 10.0. The van der Waals surface area contributed by atoms with Gasteiger partial charge in [-0.3, -0.25) is 9.59 Å². The highest BCUT2D eigenvalue weighted by Gasteiger charge is 2.32. The highest BCUT2D eigenvalue weighted by atomic mass is 16.2. The fourth-order valence-corrected chi connectivity index (χ4v) is 3.98. The van der Waals surface area contributed by atoms with Crippen molar-refractivity contribution >= 4 is 29.2 Å². The number of carbonyl (C=O) groups excluding carboxylic acids is 3. The van der Waals surface area contributed by atoms with Crippen molar-refractivity contribution in [2.24, 2.45) is 4.99 Å². The Hall–Kier alpha value is -4.46. The molecule has 0 saturated heterocycles. The first-order chi connectivity index (χ1) is 17.4. The van der Waals surface area contributed by atoms with E-state index in [9.17, 15) is 14.4 Å². The number of aliphatic imine (C=N–C) groups is 1. The van der Waals surface area contributed by atoms with Gasteiger partial charge < -0.3 is 20.9 Å². The zero-order chi connectivity index (χ0) is 25.5. The molecule has 0 bridgehead atoms. The van der Waals surface area contributed by atoms with Gasteiger partial charge in [-0.2, -0.15) is 0 Å². The van der Waals surface area contributed by atoms with E-state index in [1.54, 1.807) is 14.0 Å². The maximum Gasteiger partial charge on any atom is 0.315 e. The third-order valence-corrected chi connectivity index (χ3v) is 5.95. The van der Waals surface area contributed by atoms with Crippen molar-refractivity contribution in [3.63, 3.8) is 0 Å². The van der Waals surface area contributed by atoms with Gasteiger partial charge in [0.1, 0.15) is 6.04 Å². The minimum absolute atomic E-state index is 0.374. The molecule has 4 rings (SSSR count). The molecular formula is C28H29N5O3. The third-order valence-electron chi connectivity index (χ3n) is 5.95. The van der Waals surface area contributed by atoms with Crippen molar-refractivity contribution in [1.29, 1.82) is 0 Å². The average Bonchev–Trinajstić information content (AvgIpc) is 3.00. The molecule has 36 heavy (non-hydrogen) atoms. The van der Waals surface area contributed by atoms with E-state index < -0.39 is 24.1 Å². The van der Waals surface area contributed by atoms with Crippen LogP contribution < -0.4 is 20.9 Å². The number of hydrogen-bond acceptors (Lipinski definition) is 4. The zero-order valence-corrected chi connectivity index (χ0v) is 20.3. The van der Waals surface area contributed by atoms with E-state index in [0.29, 0.717) is 24.4 Å². The standard InChI is InChI=1S/C28H29N5O3/c1-19(30-28(36)29-18-17-20-11-5-3-6-12-20)26(34)32-25-27(35)33(2)23-16-10-9-15-22(23)24(31-25)21-13-7-4-8-14-21/h3-16,19,25H,17-18H2,1-2H3,(H,32,34)(H2,29,30,36)/t19-,25+/m0/s1. The quantitative estimate of drug-likeness (QED) is 0.482. The average molecular weight is 484 g/mol. The second-order valence-electron chi connectivity index (χ2n) is 8.53. The third kappa shape index (κ3) is 5.78. The molecule has 0 saturated carbocycles. The Bertz CT molecular complexity index is 1260. The van der Waals surface area contributed by atoms with Crippen LogP contribution in [0, 0.1) is 0 Å². The number of anilines is 1. The second-order valence-corrected chi connectivity index (χ2v) is 8.53. The molecule has 0 aliphatic carbocycles. The molecule has 0 unspecified atom stereocenters. The van der Waals surface area contributed by atoms with Gasteiger partial charge in [-0.05, 0) is 25.0 Å². The molecular weight excluding hydrogens is 454 g/mol. The van der Waals surface area contributed by atoms with Gasteiger partial charge in [0.05, 0.1) is 11.4 Å². The summed E-state index contributed by atoms with van der Waals surface area (Å²) in [6, 6.07) is 25.5. The lowest BCUT2D eigenvalue weighted by molar-refractivity contribution is -0.128. The van der Waals surface area contributed by atoms with E-state index in [4.69, 9.17) is 0 Å². The number of benzodiazepines with no additional fused rings is 1.